The Balaban J connectivity index is 0.000000321. The second-order valence-electron chi connectivity index (χ2n) is 9.14. The van der Waals surface area contributed by atoms with E-state index in [0.717, 1.165) is 12.0 Å². The van der Waals surface area contributed by atoms with Crippen LogP contribution in [0.25, 0.3) is 16.7 Å². The zero-order valence-electron chi connectivity index (χ0n) is 22.5. The molecule has 0 nitrogen and oxygen atoms in total. The summed E-state index contributed by atoms with van der Waals surface area (Å²) in [5.41, 5.74) is 12.3. The van der Waals surface area contributed by atoms with Crippen LogP contribution in [0.1, 0.15) is 82.3 Å². The van der Waals surface area contributed by atoms with Gasteiger partial charge in [-0.05, 0) is 66.1 Å². The van der Waals surface area contributed by atoms with E-state index in [1.54, 1.807) is 0 Å². The number of aryl methyl sites for hydroxylation is 3. The maximum atomic E-state index is 4.08. The molecule has 0 unspecified atom stereocenters. The van der Waals surface area contributed by atoms with Gasteiger partial charge in [-0.1, -0.05) is 145 Å². The van der Waals surface area contributed by atoms with Gasteiger partial charge in [0, 0.05) is 5.41 Å². The first-order chi connectivity index (χ1) is 16.3. The second-order valence-corrected chi connectivity index (χ2v) is 9.14. The van der Waals surface area contributed by atoms with Gasteiger partial charge in [0.05, 0.1) is 0 Å². The Kier molecular flexibility index (Phi) is 11.7. The number of rotatable bonds is 4. The van der Waals surface area contributed by atoms with Gasteiger partial charge in [0.2, 0.25) is 0 Å². The molecule has 1 aliphatic rings. The molecule has 0 aromatic heterocycles. The zero-order valence-corrected chi connectivity index (χ0v) is 22.5. The van der Waals surface area contributed by atoms with Crippen LogP contribution >= 0.6 is 0 Å². The molecule has 0 atom stereocenters. The van der Waals surface area contributed by atoms with Crippen LogP contribution in [0.5, 0.6) is 0 Å². The number of hydrogen-bond acceptors (Lipinski definition) is 0. The summed E-state index contributed by atoms with van der Waals surface area (Å²) >= 11 is 0. The summed E-state index contributed by atoms with van der Waals surface area (Å²) in [6.07, 6.45) is 9.14. The van der Waals surface area contributed by atoms with E-state index in [1.807, 2.05) is 39.0 Å². The highest BCUT2D eigenvalue weighted by Crippen LogP contribution is 2.48. The van der Waals surface area contributed by atoms with Gasteiger partial charge < -0.3 is 0 Å². The average Bonchev–Trinajstić information content (AvgIpc) is 3.06. The van der Waals surface area contributed by atoms with Crippen molar-refractivity contribution in [3.05, 3.63) is 125 Å². The van der Waals surface area contributed by atoms with Crippen LogP contribution in [0.4, 0.5) is 0 Å². The molecule has 0 bridgehead atoms. The second kappa shape index (κ2) is 13.7. The molecule has 0 amide bonds. The van der Waals surface area contributed by atoms with Crippen molar-refractivity contribution in [1.29, 1.82) is 0 Å². The van der Waals surface area contributed by atoms with Gasteiger partial charge >= 0.3 is 0 Å². The fourth-order valence-corrected chi connectivity index (χ4v) is 4.48. The molecule has 186 valence electrons. The number of benzene rings is 3. The summed E-state index contributed by atoms with van der Waals surface area (Å²) in [5.74, 6) is 0. The van der Waals surface area contributed by atoms with Crippen LogP contribution in [-0.4, -0.2) is 0 Å². The first kappa shape index (κ1) is 29.9. The van der Waals surface area contributed by atoms with Crippen LogP contribution in [0, 0.1) is 13.8 Å². The summed E-state index contributed by atoms with van der Waals surface area (Å²) in [7, 11) is 0. The molecular weight excluding hydrogens is 420 g/mol. The molecule has 4 rings (SSSR count). The van der Waals surface area contributed by atoms with E-state index in [1.165, 1.54) is 44.5 Å². The van der Waals surface area contributed by atoms with Gasteiger partial charge in [-0.2, -0.15) is 0 Å². The van der Waals surface area contributed by atoms with Crippen molar-refractivity contribution < 1.29 is 0 Å². The fourth-order valence-electron chi connectivity index (χ4n) is 4.48. The highest BCUT2D eigenvalue weighted by Gasteiger charge is 2.35. The largest absolute Gasteiger partial charge is 0.0911 e. The van der Waals surface area contributed by atoms with Crippen molar-refractivity contribution in [3.8, 4) is 11.1 Å². The molecule has 0 fully saturated rings. The van der Waals surface area contributed by atoms with Crippen LogP contribution in [0.2, 0.25) is 0 Å². The van der Waals surface area contributed by atoms with Gasteiger partial charge in [-0.3, -0.25) is 0 Å². The lowest BCUT2D eigenvalue weighted by atomic mass is 9.81. The van der Waals surface area contributed by atoms with E-state index in [2.05, 4.69) is 108 Å². The van der Waals surface area contributed by atoms with E-state index in [9.17, 15) is 0 Å². The Morgan fingerprint density at radius 3 is 1.83 bits per heavy atom. The first-order valence-corrected chi connectivity index (χ1v) is 12.6. The number of fused-ring (bicyclic) bond motifs is 3. The van der Waals surface area contributed by atoms with E-state index < -0.39 is 0 Å². The van der Waals surface area contributed by atoms with Crippen LogP contribution in [-0.2, 0) is 11.8 Å². The topological polar surface area (TPSA) is 0 Å². The highest BCUT2D eigenvalue weighted by molar-refractivity contribution is 5.81. The molecule has 0 aliphatic heterocycles. The third kappa shape index (κ3) is 6.95. The quantitative estimate of drug-likeness (QED) is 0.335. The third-order valence-electron chi connectivity index (χ3n) is 6.33. The van der Waals surface area contributed by atoms with E-state index >= 15 is 0 Å². The first-order valence-electron chi connectivity index (χ1n) is 12.6. The molecule has 0 radical (unpaired) electrons. The normalized spacial score (nSPS) is 12.6. The molecule has 35 heavy (non-hydrogen) atoms. The Morgan fingerprint density at radius 2 is 1.34 bits per heavy atom. The Bertz CT molecular complexity index is 1110. The minimum Gasteiger partial charge on any atom is -0.0911 e. The molecule has 1 aliphatic carbocycles. The molecule has 0 N–H and O–H groups in total. The fraction of sp³-hybridized carbons (Fsp3) is 0.314. The predicted octanol–water partition coefficient (Wildman–Crippen LogP) is 10.7. The summed E-state index contributed by atoms with van der Waals surface area (Å²) in [6.45, 7) is 21.3. The predicted molar refractivity (Wildman–Crippen MR) is 160 cm³/mol. The van der Waals surface area contributed by atoms with Crippen molar-refractivity contribution in [3.63, 3.8) is 0 Å². The van der Waals surface area contributed by atoms with Gasteiger partial charge in [0.1, 0.15) is 0 Å². The molecule has 0 spiro atoms. The maximum absolute atomic E-state index is 4.08. The lowest BCUT2D eigenvalue weighted by Crippen LogP contribution is -2.15. The van der Waals surface area contributed by atoms with Crippen molar-refractivity contribution in [2.45, 2.75) is 74.7 Å². The summed E-state index contributed by atoms with van der Waals surface area (Å²) in [5, 5.41) is 0. The average molecular weight is 467 g/mol. The SMILES string of the molecule is C.C=C(/C=C\C=C/C)c1ccccc1CC.CC.Cc1ccc2c(c1)C(C)(C)c1cc(C)ccc1-2. The molecule has 3 aromatic rings. The van der Waals surface area contributed by atoms with Crippen LogP contribution in [0.15, 0.2) is 91.5 Å². The summed E-state index contributed by atoms with van der Waals surface area (Å²) in [6, 6.07) is 22.1. The van der Waals surface area contributed by atoms with Gasteiger partial charge in [-0.25, -0.2) is 0 Å². The van der Waals surface area contributed by atoms with Crippen molar-refractivity contribution in [2.24, 2.45) is 0 Å². The van der Waals surface area contributed by atoms with Gasteiger partial charge in [-0.15, -0.1) is 0 Å². The van der Waals surface area contributed by atoms with Crippen molar-refractivity contribution in [2.75, 3.05) is 0 Å². The number of allylic oxidation sites excluding steroid dienone is 5. The Hall–Kier alpha value is -3.12. The molecule has 0 heterocycles. The van der Waals surface area contributed by atoms with Crippen molar-refractivity contribution >= 4 is 5.57 Å². The van der Waals surface area contributed by atoms with Gasteiger partial charge in [0.25, 0.3) is 0 Å². The summed E-state index contributed by atoms with van der Waals surface area (Å²) < 4.78 is 0. The Labute approximate surface area is 216 Å². The minimum absolute atomic E-state index is 0. The molecule has 0 saturated heterocycles. The lowest BCUT2D eigenvalue weighted by molar-refractivity contribution is 0.659. The molecule has 0 saturated carbocycles. The Morgan fingerprint density at radius 1 is 0.829 bits per heavy atom. The van der Waals surface area contributed by atoms with E-state index in [0.29, 0.717) is 0 Å². The molecule has 0 heteroatoms. The molecular formula is C35H46. The molecule has 3 aromatic carbocycles. The number of hydrogen-bond donors (Lipinski definition) is 0. The van der Waals surface area contributed by atoms with E-state index in [-0.39, 0.29) is 12.8 Å². The minimum atomic E-state index is 0. The highest BCUT2D eigenvalue weighted by atomic mass is 14.4. The van der Waals surface area contributed by atoms with Crippen molar-refractivity contribution in [1.82, 2.24) is 0 Å². The summed E-state index contributed by atoms with van der Waals surface area (Å²) in [4.78, 5) is 0. The van der Waals surface area contributed by atoms with Crippen LogP contribution < -0.4 is 0 Å². The third-order valence-corrected chi connectivity index (χ3v) is 6.33. The van der Waals surface area contributed by atoms with Crippen LogP contribution in [0.3, 0.4) is 0 Å². The maximum Gasteiger partial charge on any atom is 0.0159 e. The van der Waals surface area contributed by atoms with Gasteiger partial charge in [0.15, 0.2) is 0 Å². The standard InChI is InChI=1S/C17H18.C15H18.C2H6.CH4/c1-11-5-7-13-14-8-6-12(2)10-16(14)17(3,4)15(13)9-11;1-4-6-7-10-13(3)15-12-9-8-11-14(15)5-2;1-2;/h5-10H,1-4H3;4,6-12H,3,5H2,1-2H3;1-2H3;1H4/b;6-4-,10-7-;;. The van der Waals surface area contributed by atoms with E-state index in [4.69, 9.17) is 0 Å². The monoisotopic (exact) mass is 466 g/mol. The smallest absolute Gasteiger partial charge is 0.0159 e. The zero-order chi connectivity index (χ0) is 25.3. The lowest BCUT2D eigenvalue weighted by Gasteiger charge is -2.22.